The highest BCUT2D eigenvalue weighted by atomic mass is 31.2. The molecule has 0 aromatic heterocycles. The van der Waals surface area contributed by atoms with E-state index >= 15 is 0 Å². The van der Waals surface area contributed by atoms with E-state index in [1.165, 1.54) is 6.61 Å². The van der Waals surface area contributed by atoms with Crippen LogP contribution >= 0.6 is 7.60 Å². The third kappa shape index (κ3) is 6.11. The van der Waals surface area contributed by atoms with Crippen molar-refractivity contribution in [2.45, 2.75) is 6.92 Å². The first-order valence-electron chi connectivity index (χ1n) is 2.00. The monoisotopic (exact) mass is 139 g/mol. The van der Waals surface area contributed by atoms with Gasteiger partial charge in [0.15, 0.2) is 0 Å². The number of hydrogen-bond acceptors (Lipinski definition) is 2. The van der Waals surface area contributed by atoms with Crippen LogP contribution in [0.5, 0.6) is 0 Å². The molecule has 0 rings (SSSR count). The minimum Gasteiger partial charge on any atom is -0.363 e. The van der Waals surface area contributed by atoms with Gasteiger partial charge in [-0.25, -0.2) is 0 Å². The van der Waals surface area contributed by atoms with Gasteiger partial charge in [-0.05, 0) is 6.92 Å². The summed E-state index contributed by atoms with van der Waals surface area (Å²) in [6.07, 6.45) is -0.524. The zero-order valence-electron chi connectivity index (χ0n) is 4.44. The molecule has 0 heterocycles. The summed E-state index contributed by atoms with van der Waals surface area (Å²) in [6, 6.07) is 0. The summed E-state index contributed by atoms with van der Waals surface area (Å²) in [6.45, 7) is 2.79. The van der Waals surface area contributed by atoms with Crippen LogP contribution in [0.3, 0.4) is 0 Å². The maximum Gasteiger partial charge on any atom is 0.350 e. The summed E-state index contributed by atoms with van der Waals surface area (Å²) in [5, 5.41) is 0. The standard InChI is InChI=1S/C3H8O4P/c1-2-7-3-8(4,5)6/h2H,3H2,1H3,(H2,4,5,6). The summed E-state index contributed by atoms with van der Waals surface area (Å²) >= 11 is 0. The molecule has 0 aliphatic heterocycles. The first kappa shape index (κ1) is 8.11. The Bertz CT molecular complexity index is 95.5. The minimum absolute atomic E-state index is 0.524. The van der Waals surface area contributed by atoms with Gasteiger partial charge in [0, 0.05) is 0 Å². The normalized spacial score (nSPS) is 11.9. The summed E-state index contributed by atoms with van der Waals surface area (Å²) in [7, 11) is -3.94. The van der Waals surface area contributed by atoms with Crippen LogP contribution in [0.1, 0.15) is 6.92 Å². The van der Waals surface area contributed by atoms with Crippen LogP contribution in [0.2, 0.25) is 0 Å². The van der Waals surface area contributed by atoms with Crippen LogP contribution in [-0.2, 0) is 9.30 Å². The summed E-state index contributed by atoms with van der Waals surface area (Å²) in [5.41, 5.74) is 0. The maximum absolute atomic E-state index is 9.94. The van der Waals surface area contributed by atoms with Crippen molar-refractivity contribution in [3.05, 3.63) is 6.61 Å². The predicted molar refractivity (Wildman–Crippen MR) is 28.0 cm³/mol. The van der Waals surface area contributed by atoms with Crippen molar-refractivity contribution in [3.8, 4) is 0 Å². The Morgan fingerprint density at radius 1 is 1.75 bits per heavy atom. The fraction of sp³-hybridized carbons (Fsp3) is 0.667. The number of ether oxygens (including phenoxy) is 1. The van der Waals surface area contributed by atoms with E-state index in [9.17, 15) is 4.57 Å². The molecule has 1 radical (unpaired) electrons. The van der Waals surface area contributed by atoms with E-state index in [4.69, 9.17) is 9.79 Å². The molecular formula is C3H8O4P. The van der Waals surface area contributed by atoms with Gasteiger partial charge in [0.1, 0.15) is 6.35 Å². The topological polar surface area (TPSA) is 66.8 Å². The molecule has 2 N–H and O–H groups in total. The maximum atomic E-state index is 9.94. The van der Waals surface area contributed by atoms with Crippen molar-refractivity contribution in [2.24, 2.45) is 0 Å². The third-order valence-electron chi connectivity index (χ3n) is 0.409. The fourth-order valence-corrected chi connectivity index (χ4v) is 0.515. The molecule has 0 spiro atoms. The molecule has 5 heteroatoms. The van der Waals surface area contributed by atoms with Crippen molar-refractivity contribution >= 4 is 7.60 Å². The summed E-state index contributed by atoms with van der Waals surface area (Å²) < 4.78 is 14.2. The molecule has 0 aliphatic rings. The Balaban J connectivity index is 3.26. The third-order valence-corrected chi connectivity index (χ3v) is 0.895. The van der Waals surface area contributed by atoms with E-state index in [-0.39, 0.29) is 0 Å². The lowest BCUT2D eigenvalue weighted by atomic mass is 10.9. The highest BCUT2D eigenvalue weighted by molar-refractivity contribution is 7.51. The lowest BCUT2D eigenvalue weighted by Crippen LogP contribution is -1.89. The zero-order chi connectivity index (χ0) is 6.62. The molecule has 0 fully saturated rings. The molecular weight excluding hydrogens is 131 g/mol. The van der Waals surface area contributed by atoms with Crippen LogP contribution in [0.15, 0.2) is 0 Å². The smallest absolute Gasteiger partial charge is 0.350 e. The van der Waals surface area contributed by atoms with Crippen LogP contribution in [0.4, 0.5) is 0 Å². The van der Waals surface area contributed by atoms with Crippen molar-refractivity contribution in [1.82, 2.24) is 0 Å². The Kier molecular flexibility index (Phi) is 3.24. The number of rotatable bonds is 3. The highest BCUT2D eigenvalue weighted by Gasteiger charge is 2.10. The molecule has 0 aliphatic carbocycles. The Hall–Kier alpha value is 0.110. The summed E-state index contributed by atoms with van der Waals surface area (Å²) in [4.78, 5) is 16.2. The van der Waals surface area contributed by atoms with Gasteiger partial charge in [0.05, 0.1) is 6.61 Å². The molecule has 0 saturated heterocycles. The average molecular weight is 139 g/mol. The quantitative estimate of drug-likeness (QED) is 0.552. The first-order valence-corrected chi connectivity index (χ1v) is 3.80. The van der Waals surface area contributed by atoms with E-state index in [1.807, 2.05) is 0 Å². The fourth-order valence-electron chi connectivity index (χ4n) is 0.172. The SMILES string of the molecule is C[CH]OCP(=O)(O)O. The lowest BCUT2D eigenvalue weighted by Gasteiger charge is -2.00. The van der Waals surface area contributed by atoms with E-state index in [0.29, 0.717) is 0 Å². The minimum atomic E-state index is -3.94. The van der Waals surface area contributed by atoms with Gasteiger partial charge in [-0.1, -0.05) is 0 Å². The highest BCUT2D eigenvalue weighted by Crippen LogP contribution is 2.33. The van der Waals surface area contributed by atoms with Gasteiger partial charge in [0.2, 0.25) is 0 Å². The summed E-state index contributed by atoms with van der Waals surface area (Å²) in [5.74, 6) is 0. The van der Waals surface area contributed by atoms with Crippen molar-refractivity contribution < 1.29 is 19.1 Å². The largest absolute Gasteiger partial charge is 0.363 e. The van der Waals surface area contributed by atoms with Gasteiger partial charge in [-0.15, -0.1) is 0 Å². The molecule has 0 aromatic carbocycles. The molecule has 0 atom stereocenters. The first-order chi connectivity index (χ1) is 3.56. The molecule has 0 aromatic rings. The van der Waals surface area contributed by atoms with Gasteiger partial charge < -0.3 is 14.5 Å². The van der Waals surface area contributed by atoms with Crippen molar-refractivity contribution in [1.29, 1.82) is 0 Å². The number of hydrogen-bond donors (Lipinski definition) is 2. The van der Waals surface area contributed by atoms with Gasteiger partial charge in [-0.2, -0.15) is 0 Å². The Morgan fingerprint density at radius 3 is 2.38 bits per heavy atom. The van der Waals surface area contributed by atoms with Crippen LogP contribution in [0, 0.1) is 6.61 Å². The molecule has 49 valence electrons. The second-order valence-electron chi connectivity index (χ2n) is 1.20. The van der Waals surface area contributed by atoms with Crippen LogP contribution in [-0.4, -0.2) is 16.1 Å². The second kappa shape index (κ2) is 3.20. The van der Waals surface area contributed by atoms with Crippen LogP contribution < -0.4 is 0 Å². The van der Waals surface area contributed by atoms with E-state index in [1.54, 1.807) is 6.92 Å². The Labute approximate surface area is 47.6 Å². The second-order valence-corrected chi connectivity index (χ2v) is 2.78. The molecule has 0 bridgehead atoms. The molecule has 4 nitrogen and oxygen atoms in total. The molecule has 8 heavy (non-hydrogen) atoms. The van der Waals surface area contributed by atoms with E-state index < -0.39 is 13.9 Å². The van der Waals surface area contributed by atoms with E-state index in [0.717, 1.165) is 0 Å². The van der Waals surface area contributed by atoms with Crippen LogP contribution in [0.25, 0.3) is 0 Å². The Morgan fingerprint density at radius 2 is 2.25 bits per heavy atom. The predicted octanol–water partition coefficient (Wildman–Crippen LogP) is 0.320. The lowest BCUT2D eigenvalue weighted by molar-refractivity contribution is 0.222. The van der Waals surface area contributed by atoms with E-state index in [2.05, 4.69) is 4.74 Å². The van der Waals surface area contributed by atoms with Gasteiger partial charge >= 0.3 is 7.60 Å². The van der Waals surface area contributed by atoms with Gasteiger partial charge in [0.25, 0.3) is 0 Å². The van der Waals surface area contributed by atoms with Crippen molar-refractivity contribution in [2.75, 3.05) is 6.35 Å². The van der Waals surface area contributed by atoms with Crippen molar-refractivity contribution in [3.63, 3.8) is 0 Å². The molecule has 0 saturated carbocycles. The van der Waals surface area contributed by atoms with Gasteiger partial charge in [-0.3, -0.25) is 4.57 Å². The molecule has 0 amide bonds. The zero-order valence-corrected chi connectivity index (χ0v) is 5.34. The average Bonchev–Trinajstić information content (AvgIpc) is 1.59. The molecule has 0 unspecified atom stereocenters.